The molecule has 0 bridgehead atoms. The molecule has 3 heterocycles. The number of hydrogen-bond acceptors (Lipinski definition) is 5. The first-order valence-corrected chi connectivity index (χ1v) is 10.2. The fourth-order valence-corrected chi connectivity index (χ4v) is 4.15. The van der Waals surface area contributed by atoms with Crippen LogP contribution in [0.2, 0.25) is 0 Å². The van der Waals surface area contributed by atoms with Crippen LogP contribution in [0.3, 0.4) is 0 Å². The number of rotatable bonds is 4. The molecule has 1 N–H and O–H groups in total. The van der Waals surface area contributed by atoms with Crippen LogP contribution in [0.4, 0.5) is 5.82 Å². The van der Waals surface area contributed by atoms with E-state index < -0.39 is 0 Å². The molecular formula is C22H29N5O. The van der Waals surface area contributed by atoms with E-state index >= 15 is 0 Å². The number of amides is 1. The van der Waals surface area contributed by atoms with Gasteiger partial charge in [-0.1, -0.05) is 29.8 Å². The molecule has 4 rings (SSSR count). The van der Waals surface area contributed by atoms with Crippen molar-refractivity contribution in [2.75, 3.05) is 37.6 Å². The minimum atomic E-state index is 0.157. The Hall–Kier alpha value is -2.47. The number of carbonyl (C=O) groups is 1. The number of nitrogens with zero attached hydrogens (tertiary/aromatic N) is 4. The quantitative estimate of drug-likeness (QED) is 0.884. The van der Waals surface area contributed by atoms with E-state index in [-0.39, 0.29) is 5.91 Å². The van der Waals surface area contributed by atoms with Gasteiger partial charge in [-0.3, -0.25) is 4.79 Å². The van der Waals surface area contributed by atoms with Crippen molar-refractivity contribution in [1.29, 1.82) is 0 Å². The summed E-state index contributed by atoms with van der Waals surface area (Å²) in [7, 11) is 0. The zero-order valence-corrected chi connectivity index (χ0v) is 16.8. The molecule has 0 spiro atoms. The SMILES string of the molecule is Cc1cccc(CN2CCN(c3cc([C@@H]4CCCNC4)nc(C)n3)CC2=O)c1. The van der Waals surface area contributed by atoms with Gasteiger partial charge in [-0.2, -0.15) is 0 Å². The van der Waals surface area contributed by atoms with Crippen LogP contribution in [0, 0.1) is 13.8 Å². The first-order chi connectivity index (χ1) is 13.6. The maximum absolute atomic E-state index is 12.8. The van der Waals surface area contributed by atoms with Gasteiger partial charge in [0, 0.05) is 38.2 Å². The molecule has 148 valence electrons. The Morgan fingerprint density at radius 1 is 1.18 bits per heavy atom. The number of aromatic nitrogens is 2. The lowest BCUT2D eigenvalue weighted by molar-refractivity contribution is -0.131. The average Bonchev–Trinajstić information content (AvgIpc) is 2.70. The van der Waals surface area contributed by atoms with Gasteiger partial charge in [-0.05, 0) is 38.8 Å². The van der Waals surface area contributed by atoms with Crippen molar-refractivity contribution in [3.05, 3.63) is 53.0 Å². The summed E-state index contributed by atoms with van der Waals surface area (Å²) in [6.45, 7) is 8.66. The van der Waals surface area contributed by atoms with Gasteiger partial charge in [-0.15, -0.1) is 0 Å². The van der Waals surface area contributed by atoms with Crippen LogP contribution in [0.15, 0.2) is 30.3 Å². The van der Waals surface area contributed by atoms with Crippen molar-refractivity contribution in [2.24, 2.45) is 0 Å². The normalized spacial score (nSPS) is 20.5. The summed E-state index contributed by atoms with van der Waals surface area (Å²) < 4.78 is 0. The largest absolute Gasteiger partial charge is 0.345 e. The van der Waals surface area contributed by atoms with E-state index in [1.165, 1.54) is 17.5 Å². The molecule has 1 amide bonds. The second-order valence-corrected chi connectivity index (χ2v) is 7.97. The molecule has 0 unspecified atom stereocenters. The summed E-state index contributed by atoms with van der Waals surface area (Å²) in [6, 6.07) is 10.5. The highest BCUT2D eigenvalue weighted by molar-refractivity contribution is 5.82. The van der Waals surface area contributed by atoms with Crippen LogP contribution in [0.25, 0.3) is 0 Å². The minimum absolute atomic E-state index is 0.157. The van der Waals surface area contributed by atoms with Crippen molar-refractivity contribution in [3.63, 3.8) is 0 Å². The summed E-state index contributed by atoms with van der Waals surface area (Å²) in [5, 5.41) is 3.46. The molecule has 0 radical (unpaired) electrons. The van der Waals surface area contributed by atoms with Gasteiger partial charge in [-0.25, -0.2) is 9.97 Å². The summed E-state index contributed by atoms with van der Waals surface area (Å²) >= 11 is 0. The number of benzene rings is 1. The maximum atomic E-state index is 12.8. The molecule has 2 fully saturated rings. The van der Waals surface area contributed by atoms with Crippen molar-refractivity contribution in [3.8, 4) is 0 Å². The fourth-order valence-electron chi connectivity index (χ4n) is 4.15. The molecule has 0 aliphatic carbocycles. The third-order valence-corrected chi connectivity index (χ3v) is 5.66. The zero-order valence-electron chi connectivity index (χ0n) is 16.8. The van der Waals surface area contributed by atoms with Gasteiger partial charge < -0.3 is 15.1 Å². The highest BCUT2D eigenvalue weighted by atomic mass is 16.2. The van der Waals surface area contributed by atoms with Crippen LogP contribution >= 0.6 is 0 Å². The Morgan fingerprint density at radius 2 is 2.07 bits per heavy atom. The molecule has 1 aromatic heterocycles. The Bertz CT molecular complexity index is 847. The topological polar surface area (TPSA) is 61.4 Å². The van der Waals surface area contributed by atoms with Crippen LogP contribution < -0.4 is 10.2 Å². The Morgan fingerprint density at radius 3 is 2.82 bits per heavy atom. The summed E-state index contributed by atoms with van der Waals surface area (Å²) in [4.78, 5) is 26.1. The monoisotopic (exact) mass is 379 g/mol. The number of piperidine rings is 1. The molecule has 2 aliphatic heterocycles. The third kappa shape index (κ3) is 4.33. The highest BCUT2D eigenvalue weighted by Crippen LogP contribution is 2.25. The minimum Gasteiger partial charge on any atom is -0.345 e. The molecule has 1 atom stereocenters. The average molecular weight is 380 g/mol. The molecule has 28 heavy (non-hydrogen) atoms. The number of nitrogens with one attached hydrogen (secondary N) is 1. The lowest BCUT2D eigenvalue weighted by Crippen LogP contribution is -2.50. The van der Waals surface area contributed by atoms with Crippen molar-refractivity contribution >= 4 is 11.7 Å². The van der Waals surface area contributed by atoms with E-state index in [1.54, 1.807) is 0 Å². The van der Waals surface area contributed by atoms with Gasteiger partial charge in [0.1, 0.15) is 11.6 Å². The van der Waals surface area contributed by atoms with E-state index in [4.69, 9.17) is 0 Å². The molecular weight excluding hydrogens is 350 g/mol. The zero-order chi connectivity index (χ0) is 19.5. The maximum Gasteiger partial charge on any atom is 0.242 e. The second kappa shape index (κ2) is 8.27. The Kier molecular flexibility index (Phi) is 5.57. The molecule has 6 nitrogen and oxygen atoms in total. The number of aryl methyl sites for hydroxylation is 2. The lowest BCUT2D eigenvalue weighted by atomic mass is 9.96. The van der Waals surface area contributed by atoms with E-state index in [1.807, 2.05) is 11.8 Å². The van der Waals surface area contributed by atoms with Gasteiger partial charge >= 0.3 is 0 Å². The van der Waals surface area contributed by atoms with E-state index in [2.05, 4.69) is 57.4 Å². The highest BCUT2D eigenvalue weighted by Gasteiger charge is 2.26. The second-order valence-electron chi connectivity index (χ2n) is 7.97. The molecule has 0 saturated carbocycles. The van der Waals surface area contributed by atoms with Gasteiger partial charge in [0.15, 0.2) is 0 Å². The van der Waals surface area contributed by atoms with Gasteiger partial charge in [0.25, 0.3) is 0 Å². The number of hydrogen-bond donors (Lipinski definition) is 1. The predicted molar refractivity (Wildman–Crippen MR) is 110 cm³/mol. The molecule has 1 aromatic carbocycles. The molecule has 2 aliphatic rings. The molecule has 6 heteroatoms. The van der Waals surface area contributed by atoms with Crippen molar-refractivity contribution < 1.29 is 4.79 Å². The number of carbonyl (C=O) groups excluding carboxylic acids is 1. The lowest BCUT2D eigenvalue weighted by Gasteiger charge is -2.35. The van der Waals surface area contributed by atoms with Gasteiger partial charge in [0.2, 0.25) is 5.91 Å². The van der Waals surface area contributed by atoms with Crippen molar-refractivity contribution in [2.45, 2.75) is 39.2 Å². The predicted octanol–water partition coefficient (Wildman–Crippen LogP) is 2.41. The third-order valence-electron chi connectivity index (χ3n) is 5.66. The fraction of sp³-hybridized carbons (Fsp3) is 0.500. The summed E-state index contributed by atoms with van der Waals surface area (Å²) in [5.74, 6) is 2.27. The van der Waals surface area contributed by atoms with Crippen molar-refractivity contribution in [1.82, 2.24) is 20.2 Å². The molecule has 2 saturated heterocycles. The Labute approximate surface area is 167 Å². The van der Waals surface area contributed by atoms with Crippen LogP contribution in [-0.4, -0.2) is 53.5 Å². The van der Waals surface area contributed by atoms with Crippen LogP contribution in [-0.2, 0) is 11.3 Å². The first kappa shape index (κ1) is 18.9. The first-order valence-electron chi connectivity index (χ1n) is 10.2. The van der Waals surface area contributed by atoms with Gasteiger partial charge in [0.05, 0.1) is 12.2 Å². The molecule has 2 aromatic rings. The summed E-state index contributed by atoms with van der Waals surface area (Å²) in [6.07, 6.45) is 2.34. The number of piperazine rings is 1. The smallest absolute Gasteiger partial charge is 0.242 e. The summed E-state index contributed by atoms with van der Waals surface area (Å²) in [5.41, 5.74) is 3.51. The van der Waals surface area contributed by atoms with E-state index in [0.29, 0.717) is 19.0 Å². The van der Waals surface area contributed by atoms with E-state index in [0.717, 1.165) is 49.9 Å². The van der Waals surface area contributed by atoms with Crippen LogP contribution in [0.1, 0.15) is 41.4 Å². The Balaban J connectivity index is 1.45. The van der Waals surface area contributed by atoms with Crippen LogP contribution in [0.5, 0.6) is 0 Å². The number of anilines is 1. The van der Waals surface area contributed by atoms with E-state index in [9.17, 15) is 4.79 Å². The standard InChI is InChI=1S/C22H29N5O/c1-16-5-3-6-18(11-16)14-27-10-9-26(15-22(27)28)21-12-20(24-17(2)25-21)19-7-4-8-23-13-19/h3,5-6,11-12,19,23H,4,7-10,13-15H2,1-2H3/t19-/m1/s1.